The van der Waals surface area contributed by atoms with Gasteiger partial charge in [-0.2, -0.15) is 0 Å². The van der Waals surface area contributed by atoms with Gasteiger partial charge in [-0.3, -0.25) is 4.90 Å². The lowest BCUT2D eigenvalue weighted by molar-refractivity contribution is 0.0893. The average Bonchev–Trinajstić information content (AvgIpc) is 2.26. The van der Waals surface area contributed by atoms with Crippen molar-refractivity contribution in [1.29, 1.82) is 0 Å². The molecule has 0 atom stereocenters. The van der Waals surface area contributed by atoms with E-state index in [4.69, 9.17) is 4.74 Å². The van der Waals surface area contributed by atoms with E-state index in [0.29, 0.717) is 5.54 Å². The summed E-state index contributed by atoms with van der Waals surface area (Å²) in [5.74, 6) is 0. The summed E-state index contributed by atoms with van der Waals surface area (Å²) in [5.41, 5.74) is 0.353. The van der Waals surface area contributed by atoms with Gasteiger partial charge in [0.2, 0.25) is 0 Å². The van der Waals surface area contributed by atoms with E-state index >= 15 is 0 Å². The topological polar surface area (TPSA) is 24.5 Å². The largest absolute Gasteiger partial charge is 0.383 e. The summed E-state index contributed by atoms with van der Waals surface area (Å²) in [6, 6.07) is 0. The van der Waals surface area contributed by atoms with E-state index in [1.807, 2.05) is 0 Å². The van der Waals surface area contributed by atoms with Gasteiger partial charge in [-0.25, -0.2) is 0 Å². The van der Waals surface area contributed by atoms with Gasteiger partial charge >= 0.3 is 0 Å². The summed E-state index contributed by atoms with van der Waals surface area (Å²) in [7, 11) is 1.77. The molecule has 0 aliphatic carbocycles. The van der Waals surface area contributed by atoms with Crippen molar-refractivity contribution in [2.45, 2.75) is 32.2 Å². The number of ether oxygens (including phenoxy) is 1. The van der Waals surface area contributed by atoms with Gasteiger partial charge in [-0.05, 0) is 12.8 Å². The second-order valence-electron chi connectivity index (χ2n) is 4.18. The predicted molar refractivity (Wildman–Crippen MR) is 59.6 cm³/mol. The van der Waals surface area contributed by atoms with Crippen LogP contribution in [0.3, 0.4) is 0 Å². The quantitative estimate of drug-likeness (QED) is 0.719. The highest BCUT2D eigenvalue weighted by Crippen LogP contribution is 2.19. The van der Waals surface area contributed by atoms with Crippen LogP contribution in [-0.4, -0.2) is 50.3 Å². The molecule has 0 radical (unpaired) electrons. The smallest absolute Gasteiger partial charge is 0.0589 e. The second-order valence-corrected chi connectivity index (χ2v) is 4.18. The number of nitrogens with one attached hydrogen (secondary N) is 1. The first-order chi connectivity index (χ1) is 6.76. The van der Waals surface area contributed by atoms with Crippen LogP contribution in [0.5, 0.6) is 0 Å². The molecule has 3 heteroatoms. The van der Waals surface area contributed by atoms with Crippen LogP contribution in [0.15, 0.2) is 0 Å². The van der Waals surface area contributed by atoms with Gasteiger partial charge in [0.15, 0.2) is 0 Å². The molecule has 0 unspecified atom stereocenters. The highest BCUT2D eigenvalue weighted by molar-refractivity contribution is 4.92. The number of piperazine rings is 1. The molecule has 3 nitrogen and oxygen atoms in total. The van der Waals surface area contributed by atoms with E-state index in [0.717, 1.165) is 26.2 Å². The molecule has 1 aliphatic rings. The molecule has 0 aromatic heterocycles. The van der Waals surface area contributed by atoms with Crippen LogP contribution in [0.4, 0.5) is 0 Å². The molecule has 1 rings (SSSR count). The molecule has 0 aromatic rings. The van der Waals surface area contributed by atoms with Gasteiger partial charge in [0, 0.05) is 38.8 Å². The Kier molecular flexibility index (Phi) is 4.85. The van der Waals surface area contributed by atoms with Crippen molar-refractivity contribution in [2.75, 3.05) is 39.9 Å². The zero-order valence-electron chi connectivity index (χ0n) is 9.81. The minimum Gasteiger partial charge on any atom is -0.383 e. The molecule has 1 fully saturated rings. The van der Waals surface area contributed by atoms with E-state index in [1.54, 1.807) is 7.11 Å². The van der Waals surface area contributed by atoms with Gasteiger partial charge < -0.3 is 10.1 Å². The molecule has 0 saturated carbocycles. The van der Waals surface area contributed by atoms with Gasteiger partial charge in [-0.1, -0.05) is 13.8 Å². The van der Waals surface area contributed by atoms with Gasteiger partial charge in [0.25, 0.3) is 0 Å². The highest BCUT2D eigenvalue weighted by Gasteiger charge is 2.31. The minimum absolute atomic E-state index is 0.353. The maximum Gasteiger partial charge on any atom is 0.0589 e. The molecule has 14 heavy (non-hydrogen) atoms. The fraction of sp³-hybridized carbons (Fsp3) is 1.00. The van der Waals surface area contributed by atoms with Crippen LogP contribution in [0, 0.1) is 0 Å². The van der Waals surface area contributed by atoms with Crippen molar-refractivity contribution in [3.63, 3.8) is 0 Å². The maximum atomic E-state index is 5.12. The molecule has 0 spiro atoms. The minimum atomic E-state index is 0.353. The Hall–Kier alpha value is -0.120. The van der Waals surface area contributed by atoms with Crippen molar-refractivity contribution < 1.29 is 4.74 Å². The predicted octanol–water partition coefficient (Wildman–Crippen LogP) is 1.10. The number of hydrogen-bond donors (Lipinski definition) is 1. The summed E-state index contributed by atoms with van der Waals surface area (Å²) >= 11 is 0. The fourth-order valence-corrected chi connectivity index (χ4v) is 2.18. The monoisotopic (exact) mass is 200 g/mol. The lowest BCUT2D eigenvalue weighted by Crippen LogP contribution is -2.60. The fourth-order valence-electron chi connectivity index (χ4n) is 2.18. The van der Waals surface area contributed by atoms with Crippen LogP contribution in [0.1, 0.15) is 26.7 Å². The molecule has 1 aliphatic heterocycles. The van der Waals surface area contributed by atoms with Gasteiger partial charge in [0.05, 0.1) is 6.61 Å². The number of nitrogens with zero attached hydrogens (tertiary/aromatic N) is 1. The van der Waals surface area contributed by atoms with Crippen molar-refractivity contribution in [3.8, 4) is 0 Å². The molecule has 1 heterocycles. The Morgan fingerprint density at radius 1 is 1.36 bits per heavy atom. The molecule has 84 valence electrons. The molecular formula is C11H24N2O. The van der Waals surface area contributed by atoms with Gasteiger partial charge in [-0.15, -0.1) is 0 Å². The molecule has 0 aromatic carbocycles. The third-order valence-corrected chi connectivity index (χ3v) is 3.42. The number of methoxy groups -OCH3 is 1. The first kappa shape index (κ1) is 12.0. The summed E-state index contributed by atoms with van der Waals surface area (Å²) < 4.78 is 5.12. The Morgan fingerprint density at radius 2 is 2.07 bits per heavy atom. The van der Waals surface area contributed by atoms with E-state index in [9.17, 15) is 0 Å². The highest BCUT2D eigenvalue weighted by atomic mass is 16.5. The molecule has 1 saturated heterocycles. The standard InChI is InChI=1S/C11H24N2O/c1-4-11(5-2)10-13(7-6-12-11)8-9-14-3/h12H,4-10H2,1-3H3. The SMILES string of the molecule is CCC1(CC)CN(CCOC)CCN1. The van der Waals surface area contributed by atoms with Crippen LogP contribution in [-0.2, 0) is 4.74 Å². The third kappa shape index (κ3) is 2.94. The summed E-state index contributed by atoms with van der Waals surface area (Å²) in [6.45, 7) is 9.91. The Balaban J connectivity index is 2.41. The lowest BCUT2D eigenvalue weighted by atomic mass is 9.90. The molecule has 0 bridgehead atoms. The number of rotatable bonds is 5. The second kappa shape index (κ2) is 5.69. The van der Waals surface area contributed by atoms with Crippen molar-refractivity contribution in [2.24, 2.45) is 0 Å². The first-order valence-corrected chi connectivity index (χ1v) is 5.72. The van der Waals surface area contributed by atoms with Gasteiger partial charge in [0.1, 0.15) is 0 Å². The number of hydrogen-bond acceptors (Lipinski definition) is 3. The van der Waals surface area contributed by atoms with E-state index in [-0.39, 0.29) is 0 Å². The summed E-state index contributed by atoms with van der Waals surface area (Å²) in [5, 5.41) is 3.66. The van der Waals surface area contributed by atoms with Crippen LogP contribution >= 0.6 is 0 Å². The molecule has 0 amide bonds. The van der Waals surface area contributed by atoms with Crippen molar-refractivity contribution in [1.82, 2.24) is 10.2 Å². The normalized spacial score (nSPS) is 22.5. The summed E-state index contributed by atoms with van der Waals surface area (Å²) in [4.78, 5) is 2.51. The van der Waals surface area contributed by atoms with Crippen LogP contribution < -0.4 is 5.32 Å². The Bertz CT molecular complexity index is 157. The summed E-state index contributed by atoms with van der Waals surface area (Å²) in [6.07, 6.45) is 2.43. The zero-order valence-corrected chi connectivity index (χ0v) is 9.81. The van der Waals surface area contributed by atoms with E-state index in [1.165, 1.54) is 19.4 Å². The zero-order chi connectivity index (χ0) is 10.4. The van der Waals surface area contributed by atoms with Crippen molar-refractivity contribution >= 4 is 0 Å². The lowest BCUT2D eigenvalue weighted by Gasteiger charge is -2.43. The van der Waals surface area contributed by atoms with E-state index < -0.39 is 0 Å². The van der Waals surface area contributed by atoms with E-state index in [2.05, 4.69) is 24.1 Å². The average molecular weight is 200 g/mol. The maximum absolute atomic E-state index is 5.12. The molecule has 1 N–H and O–H groups in total. The Morgan fingerprint density at radius 3 is 2.64 bits per heavy atom. The third-order valence-electron chi connectivity index (χ3n) is 3.42. The Labute approximate surface area is 87.8 Å². The molecular weight excluding hydrogens is 176 g/mol. The van der Waals surface area contributed by atoms with Crippen LogP contribution in [0.25, 0.3) is 0 Å². The van der Waals surface area contributed by atoms with Crippen LogP contribution in [0.2, 0.25) is 0 Å². The van der Waals surface area contributed by atoms with Crippen molar-refractivity contribution in [3.05, 3.63) is 0 Å². The first-order valence-electron chi connectivity index (χ1n) is 5.72.